The zero-order chi connectivity index (χ0) is 21.8. The van der Waals surface area contributed by atoms with Crippen LogP contribution in [0, 0.1) is 0 Å². The maximum atomic E-state index is 12.9. The van der Waals surface area contributed by atoms with Crippen LogP contribution in [-0.4, -0.2) is 41.6 Å². The Bertz CT molecular complexity index is 972. The van der Waals surface area contributed by atoms with Crippen molar-refractivity contribution in [3.05, 3.63) is 54.1 Å². The van der Waals surface area contributed by atoms with Crippen molar-refractivity contribution in [1.82, 2.24) is 4.72 Å². The maximum Gasteiger partial charge on any atom is 0.573 e. The van der Waals surface area contributed by atoms with Gasteiger partial charge in [0.15, 0.2) is 0 Å². The van der Waals surface area contributed by atoms with Crippen LogP contribution in [-0.2, 0) is 20.2 Å². The zero-order valence-corrected chi connectivity index (χ0v) is 17.1. The van der Waals surface area contributed by atoms with Crippen LogP contribution in [0.15, 0.2) is 53.4 Å². The molecular formula is C20H22F3NO5S. The summed E-state index contributed by atoms with van der Waals surface area (Å²) in [5.74, 6) is -0.171. The van der Waals surface area contributed by atoms with E-state index in [2.05, 4.69) is 9.46 Å². The minimum atomic E-state index is -5.01. The lowest BCUT2D eigenvalue weighted by molar-refractivity contribution is -0.275. The summed E-state index contributed by atoms with van der Waals surface area (Å²) in [5, 5.41) is 0. The highest BCUT2D eigenvalue weighted by atomic mass is 32.2. The second-order valence-electron chi connectivity index (χ2n) is 6.91. The summed E-state index contributed by atoms with van der Waals surface area (Å²) in [7, 11) is -2.76. The molecule has 2 aromatic rings. The first-order valence-corrected chi connectivity index (χ1v) is 10.7. The lowest BCUT2D eigenvalue weighted by Gasteiger charge is -2.38. The van der Waals surface area contributed by atoms with Crippen molar-refractivity contribution >= 4 is 10.0 Å². The van der Waals surface area contributed by atoms with Crippen LogP contribution in [0.3, 0.4) is 0 Å². The second-order valence-corrected chi connectivity index (χ2v) is 8.65. The van der Waals surface area contributed by atoms with E-state index in [1.165, 1.54) is 19.2 Å². The van der Waals surface area contributed by atoms with Gasteiger partial charge in [-0.1, -0.05) is 30.3 Å². The number of alkyl halides is 3. The molecular weight excluding hydrogens is 423 g/mol. The third-order valence-electron chi connectivity index (χ3n) is 5.09. The summed E-state index contributed by atoms with van der Waals surface area (Å²) in [4.78, 5) is -0.579. The van der Waals surface area contributed by atoms with Crippen molar-refractivity contribution in [3.63, 3.8) is 0 Å². The number of para-hydroxylation sites is 2. The maximum absolute atomic E-state index is 12.9. The van der Waals surface area contributed by atoms with E-state index in [4.69, 9.17) is 9.47 Å². The fraction of sp³-hybridized carbons (Fsp3) is 0.400. The first-order chi connectivity index (χ1) is 14.2. The third-order valence-corrected chi connectivity index (χ3v) is 6.53. The minimum absolute atomic E-state index is 0.0284. The van der Waals surface area contributed by atoms with E-state index in [9.17, 15) is 21.6 Å². The molecule has 0 atom stereocenters. The van der Waals surface area contributed by atoms with Crippen LogP contribution in [0.2, 0.25) is 0 Å². The SMILES string of the molecule is COc1ccccc1C1(CNS(=O)(=O)c2ccccc2OC(F)(F)F)CCOCC1. The van der Waals surface area contributed by atoms with E-state index in [0.29, 0.717) is 31.8 Å². The van der Waals surface area contributed by atoms with Crippen molar-refractivity contribution in [2.75, 3.05) is 26.9 Å². The van der Waals surface area contributed by atoms with Gasteiger partial charge < -0.3 is 14.2 Å². The number of sulfonamides is 1. The highest BCUT2D eigenvalue weighted by molar-refractivity contribution is 7.89. The van der Waals surface area contributed by atoms with E-state index in [0.717, 1.165) is 17.7 Å². The Kier molecular flexibility index (Phi) is 6.59. The number of nitrogens with one attached hydrogen (secondary N) is 1. The number of rotatable bonds is 7. The molecule has 0 radical (unpaired) electrons. The van der Waals surface area contributed by atoms with Crippen LogP contribution in [0.5, 0.6) is 11.5 Å². The average Bonchev–Trinajstić information content (AvgIpc) is 2.72. The molecule has 0 saturated carbocycles. The Hall–Kier alpha value is -2.30. The van der Waals surface area contributed by atoms with Crippen LogP contribution < -0.4 is 14.2 Å². The lowest BCUT2D eigenvalue weighted by Crippen LogP contribution is -2.44. The molecule has 30 heavy (non-hydrogen) atoms. The molecule has 2 aromatic carbocycles. The molecule has 1 saturated heterocycles. The van der Waals surface area contributed by atoms with Gasteiger partial charge >= 0.3 is 6.36 Å². The van der Waals surface area contributed by atoms with Gasteiger partial charge in [0.2, 0.25) is 10.0 Å². The van der Waals surface area contributed by atoms with Gasteiger partial charge in [-0.05, 0) is 31.0 Å². The topological polar surface area (TPSA) is 73.9 Å². The molecule has 164 valence electrons. The summed E-state index contributed by atoms with van der Waals surface area (Å²) in [5.41, 5.74) is 0.191. The van der Waals surface area contributed by atoms with Crippen molar-refractivity contribution in [1.29, 1.82) is 0 Å². The minimum Gasteiger partial charge on any atom is -0.496 e. The largest absolute Gasteiger partial charge is 0.573 e. The van der Waals surface area contributed by atoms with Crippen LogP contribution in [0.1, 0.15) is 18.4 Å². The van der Waals surface area contributed by atoms with Crippen LogP contribution in [0.4, 0.5) is 13.2 Å². The number of hydrogen-bond donors (Lipinski definition) is 1. The lowest BCUT2D eigenvalue weighted by atomic mass is 9.74. The molecule has 0 aliphatic carbocycles. The number of hydrogen-bond acceptors (Lipinski definition) is 5. The fourth-order valence-corrected chi connectivity index (χ4v) is 4.83. The monoisotopic (exact) mass is 445 g/mol. The number of benzene rings is 2. The molecule has 0 bridgehead atoms. The quantitative estimate of drug-likeness (QED) is 0.705. The Morgan fingerprint density at radius 3 is 2.27 bits per heavy atom. The van der Waals surface area contributed by atoms with Gasteiger partial charge in [0.25, 0.3) is 0 Å². The average molecular weight is 445 g/mol. The smallest absolute Gasteiger partial charge is 0.496 e. The Morgan fingerprint density at radius 2 is 1.63 bits per heavy atom. The molecule has 1 N–H and O–H groups in total. The molecule has 6 nitrogen and oxygen atoms in total. The molecule has 0 aromatic heterocycles. The molecule has 1 aliphatic rings. The second kappa shape index (κ2) is 8.83. The Balaban J connectivity index is 1.91. The Labute approximate surface area is 173 Å². The molecule has 3 rings (SSSR count). The standard InChI is InChI=1S/C20H22F3NO5S/c1-27-16-7-3-2-6-15(16)19(10-12-28-13-11-19)14-24-30(25,26)18-9-5-4-8-17(18)29-20(21,22)23/h2-9,24H,10-14H2,1H3. The van der Waals surface area contributed by atoms with E-state index < -0.39 is 32.4 Å². The molecule has 1 aliphatic heterocycles. The molecule has 0 unspecified atom stereocenters. The van der Waals surface area contributed by atoms with Crippen LogP contribution in [0.25, 0.3) is 0 Å². The summed E-state index contributed by atoms with van der Waals surface area (Å²) >= 11 is 0. The third kappa shape index (κ3) is 5.05. The summed E-state index contributed by atoms with van der Waals surface area (Å²) < 4.78 is 81.1. The van der Waals surface area contributed by atoms with Gasteiger partial charge in [-0.3, -0.25) is 0 Å². The Morgan fingerprint density at radius 1 is 1.03 bits per heavy atom. The number of halogens is 3. The predicted octanol–water partition coefficient (Wildman–Crippen LogP) is 3.62. The molecule has 10 heteroatoms. The highest BCUT2D eigenvalue weighted by Crippen LogP contribution is 2.40. The zero-order valence-electron chi connectivity index (χ0n) is 16.2. The van der Waals surface area contributed by atoms with Gasteiger partial charge in [-0.25, -0.2) is 13.1 Å². The van der Waals surface area contributed by atoms with E-state index in [-0.39, 0.29) is 6.54 Å². The van der Waals surface area contributed by atoms with Gasteiger partial charge in [-0.15, -0.1) is 13.2 Å². The summed E-state index contributed by atoms with van der Waals surface area (Å²) in [6, 6.07) is 11.9. The van der Waals surface area contributed by atoms with Crippen molar-refractivity contribution in [2.45, 2.75) is 29.5 Å². The molecule has 1 fully saturated rings. The molecule has 1 heterocycles. The highest BCUT2D eigenvalue weighted by Gasteiger charge is 2.39. The van der Waals surface area contributed by atoms with E-state index in [1.54, 1.807) is 6.07 Å². The predicted molar refractivity (Wildman–Crippen MR) is 103 cm³/mol. The van der Waals surface area contributed by atoms with Gasteiger partial charge in [0.1, 0.15) is 16.4 Å². The van der Waals surface area contributed by atoms with E-state index >= 15 is 0 Å². The normalized spacial score (nSPS) is 16.8. The summed E-state index contributed by atoms with van der Waals surface area (Å²) in [6.07, 6.45) is -3.96. The first-order valence-electron chi connectivity index (χ1n) is 9.23. The molecule has 0 spiro atoms. The van der Waals surface area contributed by atoms with Gasteiger partial charge in [-0.2, -0.15) is 0 Å². The van der Waals surface area contributed by atoms with Crippen LogP contribution >= 0.6 is 0 Å². The fourth-order valence-electron chi connectivity index (χ4n) is 3.58. The van der Waals surface area contributed by atoms with Gasteiger partial charge in [0, 0.05) is 30.7 Å². The number of ether oxygens (including phenoxy) is 3. The summed E-state index contributed by atoms with van der Waals surface area (Å²) in [6.45, 7) is 0.820. The van der Waals surface area contributed by atoms with Gasteiger partial charge in [0.05, 0.1) is 7.11 Å². The van der Waals surface area contributed by atoms with Crippen molar-refractivity contribution in [3.8, 4) is 11.5 Å². The number of methoxy groups -OCH3 is 1. The van der Waals surface area contributed by atoms with Crippen molar-refractivity contribution in [2.24, 2.45) is 0 Å². The van der Waals surface area contributed by atoms with E-state index in [1.807, 2.05) is 18.2 Å². The molecule has 0 amide bonds. The first kappa shape index (κ1) is 22.4. The van der Waals surface area contributed by atoms with Crippen molar-refractivity contribution < 1.29 is 35.8 Å².